The average Bonchev–Trinajstić information content (AvgIpc) is 2.71. The van der Waals surface area contributed by atoms with Crippen LogP contribution in [0.25, 0.3) is 11.3 Å². The summed E-state index contributed by atoms with van der Waals surface area (Å²) < 4.78 is 2.58. The molecule has 0 amide bonds. The molecule has 1 aromatic heterocycles. The standard InChI is InChI=1S/C20H29N3/c1-22(2)13-6-14-23-19-8-5-3-4-7-17(19)15-20(23)16-9-11-18(21)12-10-16/h9-12,15H,3-8,13-14,21H2,1-2H3. The van der Waals surface area contributed by atoms with Crippen LogP contribution < -0.4 is 5.73 Å². The van der Waals surface area contributed by atoms with Crippen molar-refractivity contribution in [2.24, 2.45) is 0 Å². The van der Waals surface area contributed by atoms with Gasteiger partial charge in [-0.2, -0.15) is 0 Å². The second-order valence-corrected chi connectivity index (χ2v) is 6.99. The van der Waals surface area contributed by atoms with Gasteiger partial charge in [-0.1, -0.05) is 18.6 Å². The number of hydrogen-bond donors (Lipinski definition) is 1. The molecule has 0 radical (unpaired) electrons. The third-order valence-electron chi connectivity index (χ3n) is 4.85. The van der Waals surface area contributed by atoms with Gasteiger partial charge >= 0.3 is 0 Å². The number of aryl methyl sites for hydroxylation is 1. The van der Waals surface area contributed by atoms with E-state index in [1.165, 1.54) is 49.8 Å². The zero-order chi connectivity index (χ0) is 16.2. The molecule has 2 aromatic rings. The number of benzene rings is 1. The van der Waals surface area contributed by atoms with E-state index in [0.29, 0.717) is 0 Å². The summed E-state index contributed by atoms with van der Waals surface area (Å²) in [6, 6.07) is 10.8. The largest absolute Gasteiger partial charge is 0.399 e. The van der Waals surface area contributed by atoms with Gasteiger partial charge in [0.25, 0.3) is 0 Å². The quantitative estimate of drug-likeness (QED) is 0.670. The molecule has 2 N–H and O–H groups in total. The smallest absolute Gasteiger partial charge is 0.0485 e. The molecular formula is C20H29N3. The third-order valence-corrected chi connectivity index (χ3v) is 4.85. The van der Waals surface area contributed by atoms with Gasteiger partial charge in [-0.3, -0.25) is 0 Å². The van der Waals surface area contributed by atoms with Crippen LogP contribution in [0.4, 0.5) is 5.69 Å². The van der Waals surface area contributed by atoms with E-state index in [1.54, 1.807) is 11.3 Å². The van der Waals surface area contributed by atoms with Crippen LogP contribution in [0.15, 0.2) is 30.3 Å². The fourth-order valence-corrected chi connectivity index (χ4v) is 3.64. The maximum atomic E-state index is 5.86. The van der Waals surface area contributed by atoms with Gasteiger partial charge in [-0.15, -0.1) is 0 Å². The molecule has 124 valence electrons. The van der Waals surface area contributed by atoms with Crippen molar-refractivity contribution in [3.63, 3.8) is 0 Å². The van der Waals surface area contributed by atoms with Crippen LogP contribution in [-0.4, -0.2) is 30.1 Å². The monoisotopic (exact) mass is 311 g/mol. The minimum Gasteiger partial charge on any atom is -0.399 e. The highest BCUT2D eigenvalue weighted by Crippen LogP contribution is 2.31. The maximum Gasteiger partial charge on any atom is 0.0485 e. The summed E-state index contributed by atoms with van der Waals surface area (Å²) in [6.45, 7) is 2.24. The van der Waals surface area contributed by atoms with E-state index in [4.69, 9.17) is 5.73 Å². The summed E-state index contributed by atoms with van der Waals surface area (Å²) in [5.74, 6) is 0. The zero-order valence-corrected chi connectivity index (χ0v) is 14.5. The Bertz CT molecular complexity index is 638. The van der Waals surface area contributed by atoms with Gasteiger partial charge in [0.15, 0.2) is 0 Å². The number of nitrogens with two attached hydrogens (primary N) is 1. The molecule has 0 saturated carbocycles. The Morgan fingerprint density at radius 1 is 1.04 bits per heavy atom. The molecule has 1 aliphatic carbocycles. The Hall–Kier alpha value is -1.74. The third kappa shape index (κ3) is 3.78. The van der Waals surface area contributed by atoms with E-state index in [2.05, 4.69) is 41.8 Å². The summed E-state index contributed by atoms with van der Waals surface area (Å²) in [7, 11) is 4.30. The molecule has 3 heteroatoms. The predicted octanol–water partition coefficient (Wildman–Crippen LogP) is 3.96. The van der Waals surface area contributed by atoms with Crippen LogP contribution in [0.5, 0.6) is 0 Å². The zero-order valence-electron chi connectivity index (χ0n) is 14.5. The number of rotatable bonds is 5. The lowest BCUT2D eigenvalue weighted by Gasteiger charge is -2.16. The normalized spacial score (nSPS) is 14.7. The molecule has 0 unspecified atom stereocenters. The lowest BCUT2D eigenvalue weighted by atomic mass is 10.1. The van der Waals surface area contributed by atoms with Crippen LogP contribution >= 0.6 is 0 Å². The Balaban J connectivity index is 1.94. The summed E-state index contributed by atoms with van der Waals surface area (Å²) in [5.41, 5.74) is 12.5. The van der Waals surface area contributed by atoms with E-state index >= 15 is 0 Å². The molecule has 0 bridgehead atoms. The fourth-order valence-electron chi connectivity index (χ4n) is 3.64. The molecule has 0 aliphatic heterocycles. The molecule has 1 aromatic carbocycles. The Kier molecular flexibility index (Phi) is 5.06. The number of nitrogens with zero attached hydrogens (tertiary/aromatic N) is 2. The van der Waals surface area contributed by atoms with Crippen LogP contribution in [0.3, 0.4) is 0 Å². The Morgan fingerprint density at radius 2 is 1.78 bits per heavy atom. The highest BCUT2D eigenvalue weighted by Gasteiger charge is 2.18. The van der Waals surface area contributed by atoms with E-state index < -0.39 is 0 Å². The first-order valence-electron chi connectivity index (χ1n) is 8.87. The van der Waals surface area contributed by atoms with Crippen LogP contribution in [0.2, 0.25) is 0 Å². The van der Waals surface area contributed by atoms with E-state index in [-0.39, 0.29) is 0 Å². The molecule has 0 atom stereocenters. The molecule has 3 rings (SSSR count). The first-order valence-corrected chi connectivity index (χ1v) is 8.87. The maximum absolute atomic E-state index is 5.86. The second-order valence-electron chi connectivity index (χ2n) is 6.99. The fraction of sp³-hybridized carbons (Fsp3) is 0.500. The van der Waals surface area contributed by atoms with Crippen LogP contribution in [-0.2, 0) is 19.4 Å². The number of nitrogen functional groups attached to an aromatic ring is 1. The van der Waals surface area contributed by atoms with Gasteiger partial charge in [-0.05, 0) is 82.1 Å². The second kappa shape index (κ2) is 7.22. The lowest BCUT2D eigenvalue weighted by molar-refractivity contribution is 0.385. The van der Waals surface area contributed by atoms with E-state index in [9.17, 15) is 0 Å². The van der Waals surface area contributed by atoms with Crippen molar-refractivity contribution in [3.8, 4) is 11.3 Å². The molecule has 1 aliphatic rings. The highest BCUT2D eigenvalue weighted by molar-refractivity contribution is 5.65. The summed E-state index contributed by atoms with van der Waals surface area (Å²) in [6.07, 6.45) is 7.67. The molecule has 3 nitrogen and oxygen atoms in total. The molecule has 0 spiro atoms. The Morgan fingerprint density at radius 3 is 2.52 bits per heavy atom. The van der Waals surface area contributed by atoms with Crippen molar-refractivity contribution in [2.75, 3.05) is 26.4 Å². The van der Waals surface area contributed by atoms with Crippen LogP contribution in [0.1, 0.15) is 36.9 Å². The Labute approximate surface area is 140 Å². The van der Waals surface area contributed by atoms with Gasteiger partial charge in [0.2, 0.25) is 0 Å². The number of aromatic nitrogens is 1. The van der Waals surface area contributed by atoms with Gasteiger partial charge in [0.05, 0.1) is 0 Å². The number of hydrogen-bond acceptors (Lipinski definition) is 2. The lowest BCUT2D eigenvalue weighted by Crippen LogP contribution is -2.16. The molecule has 0 fully saturated rings. The van der Waals surface area contributed by atoms with Crippen LogP contribution in [0, 0.1) is 0 Å². The average molecular weight is 311 g/mol. The van der Waals surface area contributed by atoms with Gasteiger partial charge < -0.3 is 15.2 Å². The molecule has 0 saturated heterocycles. The highest BCUT2D eigenvalue weighted by atomic mass is 15.1. The van der Waals surface area contributed by atoms with Crippen molar-refractivity contribution in [1.29, 1.82) is 0 Å². The summed E-state index contributed by atoms with van der Waals surface area (Å²) in [5, 5.41) is 0. The number of fused-ring (bicyclic) bond motifs is 1. The SMILES string of the molecule is CN(C)CCCn1c(-c2ccc(N)cc2)cc2c1CCCCC2. The van der Waals surface area contributed by atoms with E-state index in [1.807, 2.05) is 12.1 Å². The predicted molar refractivity (Wildman–Crippen MR) is 98.7 cm³/mol. The minimum absolute atomic E-state index is 0.834. The summed E-state index contributed by atoms with van der Waals surface area (Å²) in [4.78, 5) is 2.27. The van der Waals surface area contributed by atoms with Gasteiger partial charge in [0.1, 0.15) is 0 Å². The first-order chi connectivity index (χ1) is 11.1. The van der Waals surface area contributed by atoms with Crippen molar-refractivity contribution in [2.45, 2.75) is 45.1 Å². The molecule has 23 heavy (non-hydrogen) atoms. The minimum atomic E-state index is 0.834. The van der Waals surface area contributed by atoms with Gasteiger partial charge in [0, 0.05) is 23.6 Å². The van der Waals surface area contributed by atoms with Crippen molar-refractivity contribution in [3.05, 3.63) is 41.6 Å². The number of anilines is 1. The van der Waals surface area contributed by atoms with Gasteiger partial charge in [-0.25, -0.2) is 0 Å². The van der Waals surface area contributed by atoms with Crippen molar-refractivity contribution in [1.82, 2.24) is 9.47 Å². The first kappa shape index (κ1) is 16.1. The topological polar surface area (TPSA) is 34.2 Å². The van der Waals surface area contributed by atoms with Crippen molar-refractivity contribution >= 4 is 5.69 Å². The van der Waals surface area contributed by atoms with Crippen molar-refractivity contribution < 1.29 is 0 Å². The van der Waals surface area contributed by atoms with E-state index in [0.717, 1.165) is 18.8 Å². The summed E-state index contributed by atoms with van der Waals surface area (Å²) >= 11 is 0. The molecular weight excluding hydrogens is 282 g/mol. The molecule has 1 heterocycles.